The molecule has 22 heavy (non-hydrogen) atoms. The van der Waals surface area contributed by atoms with E-state index in [0.717, 1.165) is 11.1 Å². The van der Waals surface area contributed by atoms with Crippen LogP contribution in [0.2, 0.25) is 0 Å². The molecule has 2 amide bonds. The van der Waals surface area contributed by atoms with E-state index in [9.17, 15) is 9.59 Å². The van der Waals surface area contributed by atoms with Crippen LogP contribution < -0.4 is 5.32 Å². The number of hydrogen-bond donors (Lipinski definition) is 1. The van der Waals surface area contributed by atoms with Crippen molar-refractivity contribution in [3.8, 4) is 11.1 Å². The smallest absolute Gasteiger partial charge is 0.253 e. The van der Waals surface area contributed by atoms with Gasteiger partial charge in [0.05, 0.1) is 0 Å². The summed E-state index contributed by atoms with van der Waals surface area (Å²) < 4.78 is 0. The topological polar surface area (TPSA) is 49.4 Å². The largest absolute Gasteiger partial charge is 0.352 e. The number of amides is 2. The first-order chi connectivity index (χ1) is 10.5. The van der Waals surface area contributed by atoms with Gasteiger partial charge < -0.3 is 10.2 Å². The minimum Gasteiger partial charge on any atom is -0.352 e. The number of nitrogens with zero attached hydrogens (tertiary/aromatic N) is 1. The second kappa shape index (κ2) is 6.89. The minimum atomic E-state index is -0.0927. The average Bonchev–Trinajstić information content (AvgIpc) is 2.54. The fraction of sp³-hybridized carbons (Fsp3) is 0.222. The van der Waals surface area contributed by atoms with E-state index in [2.05, 4.69) is 5.32 Å². The molecule has 4 heteroatoms. The maximum absolute atomic E-state index is 12.1. The van der Waals surface area contributed by atoms with E-state index < -0.39 is 0 Å². The molecule has 0 saturated heterocycles. The summed E-state index contributed by atoms with van der Waals surface area (Å²) in [5.74, 6) is -0.133. The lowest BCUT2D eigenvalue weighted by molar-refractivity contribution is 0.0827. The second-order valence-electron chi connectivity index (χ2n) is 5.22. The summed E-state index contributed by atoms with van der Waals surface area (Å²) in [5, 5.41) is 2.79. The van der Waals surface area contributed by atoms with E-state index in [0.29, 0.717) is 17.7 Å². The van der Waals surface area contributed by atoms with Gasteiger partial charge in [-0.2, -0.15) is 0 Å². The first-order valence-corrected chi connectivity index (χ1v) is 7.23. The van der Waals surface area contributed by atoms with Crippen LogP contribution >= 0.6 is 0 Å². The Morgan fingerprint density at radius 2 is 1.50 bits per heavy atom. The number of hydrogen-bond acceptors (Lipinski definition) is 2. The van der Waals surface area contributed by atoms with Crippen molar-refractivity contribution in [2.24, 2.45) is 0 Å². The Balaban J connectivity index is 2.36. The van der Waals surface area contributed by atoms with Gasteiger partial charge in [0.15, 0.2) is 0 Å². The zero-order valence-corrected chi connectivity index (χ0v) is 13.1. The van der Waals surface area contributed by atoms with Crippen LogP contribution in [-0.4, -0.2) is 37.4 Å². The van der Waals surface area contributed by atoms with E-state index in [1.807, 2.05) is 43.3 Å². The molecule has 0 fully saturated rings. The molecule has 0 radical (unpaired) electrons. The second-order valence-corrected chi connectivity index (χ2v) is 5.22. The lowest BCUT2D eigenvalue weighted by atomic mass is 10.0. The van der Waals surface area contributed by atoms with Gasteiger partial charge in [0, 0.05) is 31.8 Å². The van der Waals surface area contributed by atoms with Crippen molar-refractivity contribution in [3.05, 3.63) is 59.7 Å². The lowest BCUT2D eigenvalue weighted by Crippen LogP contribution is -2.22. The molecule has 0 bridgehead atoms. The number of nitrogens with one attached hydrogen (secondary N) is 1. The first-order valence-electron chi connectivity index (χ1n) is 7.23. The highest BCUT2D eigenvalue weighted by Crippen LogP contribution is 2.22. The van der Waals surface area contributed by atoms with Gasteiger partial charge in [-0.1, -0.05) is 24.3 Å². The Labute approximate surface area is 130 Å². The van der Waals surface area contributed by atoms with Crippen molar-refractivity contribution in [1.82, 2.24) is 10.2 Å². The van der Waals surface area contributed by atoms with Gasteiger partial charge >= 0.3 is 0 Å². The third-order valence-electron chi connectivity index (χ3n) is 3.31. The molecule has 0 heterocycles. The van der Waals surface area contributed by atoms with E-state index in [-0.39, 0.29) is 11.8 Å². The highest BCUT2D eigenvalue weighted by atomic mass is 16.2. The molecule has 1 N–H and O–H groups in total. The van der Waals surface area contributed by atoms with Crippen LogP contribution in [0.1, 0.15) is 27.6 Å². The van der Waals surface area contributed by atoms with Crippen LogP contribution in [0.3, 0.4) is 0 Å². The van der Waals surface area contributed by atoms with Crippen molar-refractivity contribution in [2.75, 3.05) is 20.6 Å². The van der Waals surface area contributed by atoms with Crippen molar-refractivity contribution in [3.63, 3.8) is 0 Å². The SMILES string of the molecule is CCNC(=O)c1cccc(-c2cccc(C(=O)N(C)C)c2)c1. The van der Waals surface area contributed by atoms with Gasteiger partial charge in [0.2, 0.25) is 0 Å². The van der Waals surface area contributed by atoms with Crippen molar-refractivity contribution in [2.45, 2.75) is 6.92 Å². The van der Waals surface area contributed by atoms with Crippen LogP contribution in [0.4, 0.5) is 0 Å². The third-order valence-corrected chi connectivity index (χ3v) is 3.31. The molecule has 4 nitrogen and oxygen atoms in total. The van der Waals surface area contributed by atoms with Crippen LogP contribution in [0.25, 0.3) is 11.1 Å². The number of carbonyl (C=O) groups is 2. The fourth-order valence-electron chi connectivity index (χ4n) is 2.19. The van der Waals surface area contributed by atoms with Crippen LogP contribution in [0.5, 0.6) is 0 Å². The van der Waals surface area contributed by atoms with Crippen molar-refractivity contribution in [1.29, 1.82) is 0 Å². The summed E-state index contributed by atoms with van der Waals surface area (Å²) in [6, 6.07) is 14.8. The van der Waals surface area contributed by atoms with E-state index in [4.69, 9.17) is 0 Å². The normalized spacial score (nSPS) is 10.1. The quantitative estimate of drug-likeness (QED) is 0.943. The summed E-state index contributed by atoms with van der Waals surface area (Å²) in [7, 11) is 3.45. The maximum Gasteiger partial charge on any atom is 0.253 e. The molecule has 114 valence electrons. The molecule has 0 saturated carbocycles. The predicted molar refractivity (Wildman–Crippen MR) is 87.9 cm³/mol. The molecule has 2 rings (SSSR count). The summed E-state index contributed by atoms with van der Waals surface area (Å²) in [5.41, 5.74) is 3.07. The highest BCUT2D eigenvalue weighted by molar-refractivity contribution is 5.97. The predicted octanol–water partition coefficient (Wildman–Crippen LogP) is 2.81. The minimum absolute atomic E-state index is 0.0401. The van der Waals surface area contributed by atoms with Crippen LogP contribution in [-0.2, 0) is 0 Å². The molecule has 2 aromatic rings. The monoisotopic (exact) mass is 296 g/mol. The van der Waals surface area contributed by atoms with Gasteiger partial charge in [0.1, 0.15) is 0 Å². The van der Waals surface area contributed by atoms with Gasteiger partial charge in [0.25, 0.3) is 11.8 Å². The van der Waals surface area contributed by atoms with Gasteiger partial charge in [-0.3, -0.25) is 9.59 Å². The molecular formula is C18H20N2O2. The first kappa shape index (κ1) is 15.8. The molecule has 0 unspecified atom stereocenters. The van der Waals surface area contributed by atoms with E-state index in [1.54, 1.807) is 31.1 Å². The Morgan fingerprint density at radius 3 is 2.05 bits per heavy atom. The van der Waals surface area contributed by atoms with Gasteiger partial charge in [-0.05, 0) is 42.3 Å². The number of benzene rings is 2. The van der Waals surface area contributed by atoms with Gasteiger partial charge in [-0.25, -0.2) is 0 Å². The number of rotatable bonds is 4. The molecule has 0 aliphatic heterocycles. The van der Waals surface area contributed by atoms with Crippen LogP contribution in [0.15, 0.2) is 48.5 Å². The fourth-order valence-corrected chi connectivity index (χ4v) is 2.19. The summed E-state index contributed by atoms with van der Waals surface area (Å²) in [4.78, 5) is 25.5. The average molecular weight is 296 g/mol. The van der Waals surface area contributed by atoms with Crippen molar-refractivity contribution >= 4 is 11.8 Å². The molecular weight excluding hydrogens is 276 g/mol. The lowest BCUT2D eigenvalue weighted by Gasteiger charge is -2.11. The van der Waals surface area contributed by atoms with Crippen molar-refractivity contribution < 1.29 is 9.59 Å². The van der Waals surface area contributed by atoms with E-state index in [1.165, 1.54) is 0 Å². The van der Waals surface area contributed by atoms with Gasteiger partial charge in [-0.15, -0.1) is 0 Å². The molecule has 0 aliphatic rings. The standard InChI is InChI=1S/C18H20N2O2/c1-4-19-17(21)15-9-5-7-13(11-15)14-8-6-10-16(12-14)18(22)20(2)3/h5-12H,4H2,1-3H3,(H,19,21). The summed E-state index contributed by atoms with van der Waals surface area (Å²) in [6.07, 6.45) is 0. The zero-order chi connectivity index (χ0) is 16.1. The molecule has 0 atom stereocenters. The maximum atomic E-state index is 12.1. The van der Waals surface area contributed by atoms with Crippen LogP contribution in [0, 0.1) is 0 Å². The molecule has 0 aromatic heterocycles. The zero-order valence-electron chi connectivity index (χ0n) is 13.1. The highest BCUT2D eigenvalue weighted by Gasteiger charge is 2.10. The third kappa shape index (κ3) is 3.52. The molecule has 0 spiro atoms. The Kier molecular flexibility index (Phi) is 4.94. The molecule has 0 aliphatic carbocycles. The Morgan fingerprint density at radius 1 is 0.955 bits per heavy atom. The Bertz CT molecular complexity index is 693. The summed E-state index contributed by atoms with van der Waals surface area (Å²) in [6.45, 7) is 2.48. The molecule has 2 aromatic carbocycles. The Hall–Kier alpha value is -2.62. The summed E-state index contributed by atoms with van der Waals surface area (Å²) >= 11 is 0. The van der Waals surface area contributed by atoms with E-state index >= 15 is 0 Å². The number of carbonyl (C=O) groups excluding carboxylic acids is 2.